The summed E-state index contributed by atoms with van der Waals surface area (Å²) in [5.41, 5.74) is 1.33. The molecule has 3 nitrogen and oxygen atoms in total. The van der Waals surface area contributed by atoms with Gasteiger partial charge in [0.1, 0.15) is 5.82 Å². The third-order valence-corrected chi connectivity index (χ3v) is 4.39. The van der Waals surface area contributed by atoms with Gasteiger partial charge in [-0.2, -0.15) is 0 Å². The van der Waals surface area contributed by atoms with Gasteiger partial charge in [0, 0.05) is 36.8 Å². The van der Waals surface area contributed by atoms with Gasteiger partial charge in [-0.1, -0.05) is 35.3 Å². The zero-order valence-corrected chi connectivity index (χ0v) is 13.0. The molecule has 21 heavy (non-hydrogen) atoms. The number of pyridine rings is 1. The standard InChI is InChI=1S/C16H17Cl2N3/c17-13-3-1-11(2-4-13)15-10-19-7-12(15)8-20-16-6-5-14(18)9-21-16/h1-6,9,12,15,19H,7-8,10H2,(H,20,21). The summed E-state index contributed by atoms with van der Waals surface area (Å²) in [4.78, 5) is 4.27. The van der Waals surface area contributed by atoms with E-state index < -0.39 is 0 Å². The number of rotatable bonds is 4. The Morgan fingerprint density at radius 2 is 1.81 bits per heavy atom. The van der Waals surface area contributed by atoms with Crippen molar-refractivity contribution in [1.29, 1.82) is 0 Å². The van der Waals surface area contributed by atoms with Crippen molar-refractivity contribution >= 4 is 29.0 Å². The number of anilines is 1. The summed E-state index contributed by atoms with van der Waals surface area (Å²) in [6.45, 7) is 2.89. The first kappa shape index (κ1) is 14.6. The molecular formula is C16H17Cl2N3. The molecule has 5 heteroatoms. The molecule has 1 aliphatic rings. The van der Waals surface area contributed by atoms with Crippen molar-refractivity contribution in [3.05, 3.63) is 58.2 Å². The minimum atomic E-state index is 0.502. The molecule has 2 atom stereocenters. The van der Waals surface area contributed by atoms with E-state index in [0.717, 1.165) is 30.5 Å². The fourth-order valence-corrected chi connectivity index (χ4v) is 3.00. The molecule has 2 N–H and O–H groups in total. The molecule has 3 rings (SSSR count). The van der Waals surface area contributed by atoms with E-state index in [1.165, 1.54) is 5.56 Å². The van der Waals surface area contributed by atoms with E-state index in [-0.39, 0.29) is 0 Å². The van der Waals surface area contributed by atoms with Gasteiger partial charge in [-0.3, -0.25) is 0 Å². The predicted molar refractivity (Wildman–Crippen MR) is 88.3 cm³/mol. The van der Waals surface area contributed by atoms with Crippen molar-refractivity contribution in [2.45, 2.75) is 5.92 Å². The summed E-state index contributed by atoms with van der Waals surface area (Å²) in [6.07, 6.45) is 1.66. The predicted octanol–water partition coefficient (Wildman–Crippen LogP) is 3.80. The van der Waals surface area contributed by atoms with Gasteiger partial charge in [0.25, 0.3) is 0 Å². The van der Waals surface area contributed by atoms with Crippen LogP contribution in [-0.2, 0) is 0 Å². The quantitative estimate of drug-likeness (QED) is 0.899. The fourth-order valence-electron chi connectivity index (χ4n) is 2.76. The Morgan fingerprint density at radius 3 is 2.52 bits per heavy atom. The van der Waals surface area contributed by atoms with Crippen LogP contribution in [0.1, 0.15) is 11.5 Å². The van der Waals surface area contributed by atoms with Gasteiger partial charge in [0.15, 0.2) is 0 Å². The maximum Gasteiger partial charge on any atom is 0.125 e. The lowest BCUT2D eigenvalue weighted by Crippen LogP contribution is -2.21. The Kier molecular flexibility index (Phi) is 4.63. The van der Waals surface area contributed by atoms with Crippen LogP contribution in [-0.4, -0.2) is 24.6 Å². The maximum atomic E-state index is 5.96. The molecule has 0 aliphatic carbocycles. The summed E-state index contributed by atoms with van der Waals surface area (Å²) in [5, 5.41) is 8.29. The summed E-state index contributed by atoms with van der Waals surface area (Å²) >= 11 is 11.8. The Hall–Kier alpha value is -1.29. The van der Waals surface area contributed by atoms with Gasteiger partial charge in [0.2, 0.25) is 0 Å². The highest BCUT2D eigenvalue weighted by molar-refractivity contribution is 6.30. The first-order chi connectivity index (χ1) is 10.2. The van der Waals surface area contributed by atoms with Crippen LogP contribution in [0.15, 0.2) is 42.6 Å². The van der Waals surface area contributed by atoms with Crippen LogP contribution in [0, 0.1) is 5.92 Å². The van der Waals surface area contributed by atoms with Gasteiger partial charge in [-0.05, 0) is 35.7 Å². The van der Waals surface area contributed by atoms with Crippen LogP contribution in [0.2, 0.25) is 10.0 Å². The van der Waals surface area contributed by atoms with E-state index in [0.29, 0.717) is 16.9 Å². The molecule has 2 heterocycles. The molecule has 0 radical (unpaired) electrons. The highest BCUT2D eigenvalue weighted by Gasteiger charge is 2.28. The molecule has 0 saturated carbocycles. The molecule has 1 aliphatic heterocycles. The molecule has 110 valence electrons. The lowest BCUT2D eigenvalue weighted by Gasteiger charge is -2.19. The number of hydrogen-bond donors (Lipinski definition) is 2. The summed E-state index contributed by atoms with van der Waals surface area (Å²) in [5.74, 6) is 1.90. The van der Waals surface area contributed by atoms with Gasteiger partial charge in [-0.25, -0.2) is 4.98 Å². The molecule has 2 unspecified atom stereocenters. The van der Waals surface area contributed by atoms with Crippen LogP contribution in [0.4, 0.5) is 5.82 Å². The first-order valence-electron chi connectivity index (χ1n) is 7.04. The highest BCUT2D eigenvalue weighted by atomic mass is 35.5. The summed E-state index contributed by atoms with van der Waals surface area (Å²) in [6, 6.07) is 11.9. The summed E-state index contributed by atoms with van der Waals surface area (Å²) < 4.78 is 0. The molecular weight excluding hydrogens is 305 g/mol. The minimum Gasteiger partial charge on any atom is -0.370 e. The van der Waals surface area contributed by atoms with Crippen molar-refractivity contribution < 1.29 is 0 Å². The molecule has 0 amide bonds. The Morgan fingerprint density at radius 1 is 1.05 bits per heavy atom. The van der Waals surface area contributed by atoms with Crippen molar-refractivity contribution in [3.8, 4) is 0 Å². The number of halogens is 2. The van der Waals surface area contributed by atoms with Crippen LogP contribution in [0.3, 0.4) is 0 Å². The third-order valence-electron chi connectivity index (χ3n) is 3.91. The molecule has 1 saturated heterocycles. The van der Waals surface area contributed by atoms with E-state index >= 15 is 0 Å². The van der Waals surface area contributed by atoms with E-state index in [1.54, 1.807) is 6.20 Å². The normalized spacial score (nSPS) is 21.4. The number of aromatic nitrogens is 1. The number of hydrogen-bond acceptors (Lipinski definition) is 3. The number of nitrogens with zero attached hydrogens (tertiary/aromatic N) is 1. The SMILES string of the molecule is Clc1ccc(C2CNCC2CNc2ccc(Cl)cn2)cc1. The summed E-state index contributed by atoms with van der Waals surface area (Å²) in [7, 11) is 0. The molecule has 1 aromatic heterocycles. The van der Waals surface area contributed by atoms with Crippen molar-refractivity contribution in [1.82, 2.24) is 10.3 Å². The topological polar surface area (TPSA) is 37.0 Å². The maximum absolute atomic E-state index is 5.96. The second-order valence-corrected chi connectivity index (χ2v) is 6.19. The van der Waals surface area contributed by atoms with E-state index in [1.807, 2.05) is 24.3 Å². The number of nitrogens with one attached hydrogen (secondary N) is 2. The average Bonchev–Trinajstić information content (AvgIpc) is 2.96. The van der Waals surface area contributed by atoms with Crippen molar-refractivity contribution in [3.63, 3.8) is 0 Å². The second-order valence-electron chi connectivity index (χ2n) is 5.32. The van der Waals surface area contributed by atoms with Gasteiger partial charge >= 0.3 is 0 Å². The van der Waals surface area contributed by atoms with Crippen LogP contribution >= 0.6 is 23.2 Å². The van der Waals surface area contributed by atoms with Crippen molar-refractivity contribution in [2.24, 2.45) is 5.92 Å². The molecule has 1 aromatic carbocycles. The lowest BCUT2D eigenvalue weighted by molar-refractivity contribution is 0.545. The van der Waals surface area contributed by atoms with Crippen LogP contribution in [0.25, 0.3) is 0 Å². The molecule has 2 aromatic rings. The van der Waals surface area contributed by atoms with Crippen LogP contribution in [0.5, 0.6) is 0 Å². The van der Waals surface area contributed by atoms with Gasteiger partial charge < -0.3 is 10.6 Å². The van der Waals surface area contributed by atoms with Gasteiger partial charge in [0.05, 0.1) is 5.02 Å². The van der Waals surface area contributed by atoms with E-state index in [9.17, 15) is 0 Å². The Balaban J connectivity index is 1.64. The van der Waals surface area contributed by atoms with E-state index in [2.05, 4.69) is 27.8 Å². The molecule has 0 spiro atoms. The zero-order chi connectivity index (χ0) is 14.7. The second kappa shape index (κ2) is 6.65. The largest absolute Gasteiger partial charge is 0.370 e. The minimum absolute atomic E-state index is 0.502. The Bertz CT molecular complexity index is 583. The van der Waals surface area contributed by atoms with Crippen LogP contribution < -0.4 is 10.6 Å². The first-order valence-corrected chi connectivity index (χ1v) is 7.79. The van der Waals surface area contributed by atoms with Crippen molar-refractivity contribution in [2.75, 3.05) is 25.0 Å². The lowest BCUT2D eigenvalue weighted by atomic mass is 9.89. The average molecular weight is 322 g/mol. The smallest absolute Gasteiger partial charge is 0.125 e. The Labute approximate surface area is 134 Å². The number of benzene rings is 1. The highest BCUT2D eigenvalue weighted by Crippen LogP contribution is 2.29. The van der Waals surface area contributed by atoms with Gasteiger partial charge in [-0.15, -0.1) is 0 Å². The monoisotopic (exact) mass is 321 g/mol. The fraction of sp³-hybridized carbons (Fsp3) is 0.312. The van der Waals surface area contributed by atoms with E-state index in [4.69, 9.17) is 23.2 Å². The molecule has 1 fully saturated rings. The zero-order valence-electron chi connectivity index (χ0n) is 11.5. The third kappa shape index (κ3) is 3.67. The molecule has 0 bridgehead atoms.